The lowest BCUT2D eigenvalue weighted by Crippen LogP contribution is -2.54. The van der Waals surface area contributed by atoms with E-state index in [2.05, 4.69) is 75.3 Å². The Morgan fingerprint density at radius 1 is 0.803 bits per heavy atom. The second-order valence-electron chi connectivity index (χ2n) is 16.7. The van der Waals surface area contributed by atoms with Crippen molar-refractivity contribution in [3.05, 3.63) is 152 Å². The molecule has 332 valence electrons. The van der Waals surface area contributed by atoms with E-state index in [1.807, 2.05) is 43.3 Å². The fourth-order valence-corrected chi connectivity index (χ4v) is 9.61. The third-order valence-electron chi connectivity index (χ3n) is 12.1. The summed E-state index contributed by atoms with van der Waals surface area (Å²) in [6, 6.07) is 25.9. The normalized spacial score (nSPS) is 16.7. The molecule has 5 heterocycles. The van der Waals surface area contributed by atoms with Gasteiger partial charge in [-0.2, -0.15) is 10.2 Å². The highest BCUT2D eigenvalue weighted by atomic mass is 32.1. The number of imide groups is 2. The average molecular weight is 901 g/mol. The number of hydrogen-bond donors (Lipinski definition) is 1. The van der Waals surface area contributed by atoms with Crippen LogP contribution in [-0.2, 0) is 32.0 Å². The quantitative estimate of drug-likeness (QED) is 0.0831. The molecule has 3 aliphatic heterocycles. The van der Waals surface area contributed by atoms with E-state index in [1.54, 1.807) is 29.5 Å². The molecule has 6 aromatic rings. The molecular formula is C50H44N8O7S. The summed E-state index contributed by atoms with van der Waals surface area (Å²) in [4.78, 5) is 84.4. The molecule has 16 heteroatoms. The Labute approximate surface area is 383 Å². The second-order valence-corrected chi connectivity index (χ2v) is 17.9. The van der Waals surface area contributed by atoms with Crippen LogP contribution < -0.4 is 10.1 Å². The van der Waals surface area contributed by atoms with Crippen molar-refractivity contribution in [1.29, 1.82) is 0 Å². The van der Waals surface area contributed by atoms with E-state index in [9.17, 15) is 28.8 Å². The van der Waals surface area contributed by atoms with Gasteiger partial charge in [-0.1, -0.05) is 60.2 Å². The SMILES string of the molecule is Cc1ccc(C2=N[C@@H](CC(=O)Cc3ccc(N=Nc4ccc(CCC(=O)COc5cccc6c5C(=O)N(C5CCC(=O)NC5=O)C6=O)cc4)cc3)c3nnc(C)n3-c3sc(C)c(C)c32)cc1. The van der Waals surface area contributed by atoms with Gasteiger partial charge in [0.1, 0.15) is 41.0 Å². The summed E-state index contributed by atoms with van der Waals surface area (Å²) in [5.74, 6) is -1.23. The van der Waals surface area contributed by atoms with Gasteiger partial charge in [0.05, 0.1) is 28.2 Å². The molecule has 4 aromatic carbocycles. The molecule has 0 saturated carbocycles. The first-order valence-corrected chi connectivity index (χ1v) is 22.4. The average Bonchev–Trinajstić information content (AvgIpc) is 3.89. The number of ether oxygens (including phenoxy) is 1. The molecule has 1 fully saturated rings. The first-order valence-electron chi connectivity index (χ1n) is 21.6. The Morgan fingerprint density at radius 3 is 2.20 bits per heavy atom. The molecule has 0 radical (unpaired) electrons. The van der Waals surface area contributed by atoms with E-state index < -0.39 is 35.7 Å². The Morgan fingerprint density at radius 2 is 1.50 bits per heavy atom. The van der Waals surface area contributed by atoms with Crippen LogP contribution in [0.5, 0.6) is 5.75 Å². The number of piperidine rings is 1. The number of ketones is 2. The van der Waals surface area contributed by atoms with Crippen molar-refractivity contribution in [2.75, 3.05) is 6.61 Å². The van der Waals surface area contributed by atoms with E-state index in [1.165, 1.54) is 17.0 Å². The van der Waals surface area contributed by atoms with Crippen LogP contribution >= 0.6 is 11.3 Å². The summed E-state index contributed by atoms with van der Waals surface area (Å²) in [5.41, 5.74) is 8.25. The van der Waals surface area contributed by atoms with Gasteiger partial charge in [-0.25, -0.2) is 0 Å². The topological polar surface area (TPSA) is 195 Å². The van der Waals surface area contributed by atoms with Gasteiger partial charge >= 0.3 is 0 Å². The zero-order valence-electron chi connectivity index (χ0n) is 36.7. The molecule has 4 amide bonds. The number of amides is 4. The van der Waals surface area contributed by atoms with Crippen LogP contribution in [0.4, 0.5) is 11.4 Å². The molecule has 3 aliphatic rings. The first kappa shape index (κ1) is 43.7. The zero-order chi connectivity index (χ0) is 46.2. The number of Topliss-reactive ketones (excluding diaryl/α,β-unsaturated/α-hetero) is 2. The van der Waals surface area contributed by atoms with Crippen molar-refractivity contribution in [1.82, 2.24) is 25.0 Å². The number of benzene rings is 4. The number of fused-ring (bicyclic) bond motifs is 4. The number of aryl methyl sites for hydroxylation is 4. The van der Waals surface area contributed by atoms with Gasteiger partial charge in [-0.15, -0.1) is 21.5 Å². The second kappa shape index (κ2) is 18.1. The summed E-state index contributed by atoms with van der Waals surface area (Å²) in [5, 5.41) is 20.9. The molecule has 0 spiro atoms. The zero-order valence-corrected chi connectivity index (χ0v) is 37.5. The van der Waals surface area contributed by atoms with Crippen molar-refractivity contribution >= 4 is 63.6 Å². The van der Waals surface area contributed by atoms with Crippen molar-refractivity contribution in [2.45, 2.75) is 78.3 Å². The van der Waals surface area contributed by atoms with Crippen LogP contribution in [0.2, 0.25) is 0 Å². The van der Waals surface area contributed by atoms with Crippen LogP contribution in [0, 0.1) is 27.7 Å². The number of carbonyl (C=O) groups is 6. The molecule has 15 nitrogen and oxygen atoms in total. The molecule has 2 aromatic heterocycles. The number of nitrogens with zero attached hydrogens (tertiary/aromatic N) is 7. The van der Waals surface area contributed by atoms with E-state index in [0.29, 0.717) is 23.6 Å². The van der Waals surface area contributed by atoms with Crippen molar-refractivity contribution < 1.29 is 33.5 Å². The number of aromatic nitrogens is 3. The lowest BCUT2D eigenvalue weighted by atomic mass is 9.98. The highest BCUT2D eigenvalue weighted by Crippen LogP contribution is 2.40. The Hall–Kier alpha value is -7.59. The van der Waals surface area contributed by atoms with E-state index in [0.717, 1.165) is 54.8 Å². The highest BCUT2D eigenvalue weighted by molar-refractivity contribution is 7.15. The predicted octanol–water partition coefficient (Wildman–Crippen LogP) is 8.05. The summed E-state index contributed by atoms with van der Waals surface area (Å²) in [7, 11) is 0. The van der Waals surface area contributed by atoms with Gasteiger partial charge in [0.25, 0.3) is 11.8 Å². The van der Waals surface area contributed by atoms with E-state index >= 15 is 0 Å². The van der Waals surface area contributed by atoms with E-state index in [4.69, 9.17) is 9.73 Å². The molecule has 66 heavy (non-hydrogen) atoms. The van der Waals surface area contributed by atoms with Gasteiger partial charge in [-0.05, 0) is 93.6 Å². The number of nitrogens with one attached hydrogen (secondary N) is 1. The maximum Gasteiger partial charge on any atom is 0.266 e. The number of carbonyl (C=O) groups excluding carboxylic acids is 6. The number of azo groups is 1. The lowest BCUT2D eigenvalue weighted by molar-refractivity contribution is -0.136. The van der Waals surface area contributed by atoms with Crippen LogP contribution in [0.15, 0.2) is 106 Å². The fraction of sp³-hybridized carbons (Fsp3) is 0.260. The molecule has 0 bridgehead atoms. The van der Waals surface area contributed by atoms with Crippen molar-refractivity contribution in [3.63, 3.8) is 0 Å². The molecular weight excluding hydrogens is 857 g/mol. The van der Waals surface area contributed by atoms with Gasteiger partial charge in [0.2, 0.25) is 11.8 Å². The molecule has 0 aliphatic carbocycles. The van der Waals surface area contributed by atoms with Gasteiger partial charge in [0.15, 0.2) is 11.6 Å². The summed E-state index contributed by atoms with van der Waals surface area (Å²) in [6.45, 7) is 7.89. The van der Waals surface area contributed by atoms with Crippen molar-refractivity contribution in [3.8, 4) is 10.8 Å². The maximum absolute atomic E-state index is 13.7. The minimum absolute atomic E-state index is 0.00882. The lowest BCUT2D eigenvalue weighted by Gasteiger charge is -2.27. The third kappa shape index (κ3) is 8.66. The Balaban J connectivity index is 0.782. The number of aliphatic imine (C=N–C) groups is 1. The molecule has 9 rings (SSSR count). The van der Waals surface area contributed by atoms with Crippen molar-refractivity contribution in [2.24, 2.45) is 15.2 Å². The standard InChI is InChI=1S/C50H44N8O7S/c1-27-8-15-33(16-9-27)45-43-28(2)29(3)66-50(43)57-30(4)53-56-46(57)39(51-45)25-37(60)24-32-12-19-35(20-13-32)55-54-34-17-10-31(11-18-34)14-21-36(59)26-65-41-7-5-6-38-44(41)49(64)58(48(38)63)40-22-23-42(61)52-47(40)62/h5-13,15-20,39-40H,14,21-26H2,1-4H3,(H,52,61,62)/t39-,40?/m0/s1. The minimum atomic E-state index is -1.10. The Kier molecular flexibility index (Phi) is 12.0. The van der Waals surface area contributed by atoms with Crippen LogP contribution in [0.1, 0.15) is 102 Å². The summed E-state index contributed by atoms with van der Waals surface area (Å²) < 4.78 is 7.80. The van der Waals surface area contributed by atoms with Gasteiger partial charge < -0.3 is 4.74 Å². The van der Waals surface area contributed by atoms with Crippen LogP contribution in [-0.4, -0.2) is 73.2 Å². The number of rotatable bonds is 14. The first-order chi connectivity index (χ1) is 31.8. The molecule has 1 saturated heterocycles. The predicted molar refractivity (Wildman–Crippen MR) is 245 cm³/mol. The maximum atomic E-state index is 13.7. The van der Waals surface area contributed by atoms with E-state index in [-0.39, 0.29) is 67.2 Å². The summed E-state index contributed by atoms with van der Waals surface area (Å²) in [6.07, 6.45) is 1.02. The third-order valence-corrected chi connectivity index (χ3v) is 13.2. The molecule has 2 atom stereocenters. The largest absolute Gasteiger partial charge is 0.485 e. The minimum Gasteiger partial charge on any atom is -0.485 e. The number of thiophene rings is 1. The van der Waals surface area contributed by atoms with Gasteiger partial charge in [-0.3, -0.25) is 48.5 Å². The molecule has 1 unspecified atom stereocenters. The smallest absolute Gasteiger partial charge is 0.266 e. The monoisotopic (exact) mass is 900 g/mol. The van der Waals surface area contributed by atoms with Crippen LogP contribution in [0.3, 0.4) is 0 Å². The highest BCUT2D eigenvalue weighted by Gasteiger charge is 2.46. The van der Waals surface area contributed by atoms with Crippen LogP contribution in [0.25, 0.3) is 5.00 Å². The summed E-state index contributed by atoms with van der Waals surface area (Å²) >= 11 is 1.69. The number of hydrogen-bond acceptors (Lipinski definition) is 13. The Bertz CT molecular complexity index is 3020. The molecule has 1 N–H and O–H groups in total. The van der Waals surface area contributed by atoms with Gasteiger partial charge in [0, 0.05) is 41.7 Å². The fourth-order valence-electron chi connectivity index (χ4n) is 8.40.